The second-order valence-corrected chi connectivity index (χ2v) is 5.10. The molecule has 0 aromatic rings. The van der Waals surface area contributed by atoms with Gasteiger partial charge in [-0.1, -0.05) is 41.5 Å². The van der Waals surface area contributed by atoms with Crippen LogP contribution < -0.4 is 0 Å². The zero-order valence-corrected chi connectivity index (χ0v) is 16.1. The Morgan fingerprint density at radius 1 is 0.792 bits per heavy atom. The van der Waals surface area contributed by atoms with Crippen LogP contribution in [0.2, 0.25) is 0 Å². The molecule has 0 N–H and O–H groups in total. The molecule has 0 radical (unpaired) electrons. The van der Waals surface area contributed by atoms with Gasteiger partial charge in [-0.2, -0.15) is 4.99 Å². The van der Waals surface area contributed by atoms with E-state index in [-0.39, 0.29) is 5.91 Å². The molecule has 0 unspecified atom stereocenters. The van der Waals surface area contributed by atoms with Crippen LogP contribution in [0.1, 0.15) is 41.5 Å². The van der Waals surface area contributed by atoms with Crippen molar-refractivity contribution in [2.75, 3.05) is 39.3 Å². The highest BCUT2D eigenvalue weighted by Gasteiger charge is 2.19. The van der Waals surface area contributed by atoms with Gasteiger partial charge in [0.2, 0.25) is 0 Å². The van der Waals surface area contributed by atoms with Gasteiger partial charge in [-0.15, -0.1) is 0 Å². The van der Waals surface area contributed by atoms with Crippen LogP contribution in [0.15, 0.2) is 26.6 Å². The molecule has 0 saturated heterocycles. The molecule has 0 aliphatic carbocycles. The van der Waals surface area contributed by atoms with Gasteiger partial charge in [-0.05, 0) is 45.3 Å². The van der Waals surface area contributed by atoms with Gasteiger partial charge in [-0.3, -0.25) is 4.79 Å². The van der Waals surface area contributed by atoms with Crippen molar-refractivity contribution in [1.29, 1.82) is 0 Å². The third-order valence-electron chi connectivity index (χ3n) is 3.95. The van der Waals surface area contributed by atoms with Crippen LogP contribution in [0.5, 0.6) is 0 Å². The fourth-order valence-electron chi connectivity index (χ4n) is 2.14. The molecule has 2 aliphatic rings. The number of carbonyl (C=O) groups excluding carboxylic acids is 1. The molecule has 0 aromatic carbocycles. The number of hydrogen-bond acceptors (Lipinski definition) is 5. The summed E-state index contributed by atoms with van der Waals surface area (Å²) in [5, 5.41) is 0. The van der Waals surface area contributed by atoms with Crippen molar-refractivity contribution in [2.24, 2.45) is 15.0 Å². The van der Waals surface area contributed by atoms with Gasteiger partial charge in [0.05, 0.1) is 5.57 Å². The third-order valence-corrected chi connectivity index (χ3v) is 3.95. The maximum absolute atomic E-state index is 10.8. The highest BCUT2D eigenvalue weighted by molar-refractivity contribution is 6.31. The lowest BCUT2D eigenvalue weighted by Crippen LogP contribution is -2.21. The fraction of sp³-hybridized carbons (Fsp3) is 0.667. The van der Waals surface area contributed by atoms with Crippen LogP contribution in [-0.2, 0) is 4.79 Å². The number of rotatable bonds is 6. The van der Waals surface area contributed by atoms with Crippen molar-refractivity contribution < 1.29 is 4.79 Å². The summed E-state index contributed by atoms with van der Waals surface area (Å²) in [5.41, 5.74) is 0.488. The summed E-state index contributed by atoms with van der Waals surface area (Å²) >= 11 is 0. The van der Waals surface area contributed by atoms with Crippen molar-refractivity contribution in [2.45, 2.75) is 41.5 Å². The van der Waals surface area contributed by atoms with Crippen LogP contribution in [0.3, 0.4) is 0 Å². The Morgan fingerprint density at radius 3 is 1.58 bits per heavy atom. The van der Waals surface area contributed by atoms with Crippen molar-refractivity contribution in [1.82, 2.24) is 9.80 Å². The summed E-state index contributed by atoms with van der Waals surface area (Å²) in [6, 6.07) is 0. The van der Waals surface area contributed by atoms with Gasteiger partial charge >= 0.3 is 0 Å². The molecular weight excluding hydrogens is 302 g/mol. The predicted octanol–water partition coefficient (Wildman–Crippen LogP) is 2.66. The Labute approximate surface area is 147 Å². The molecule has 0 fully saturated rings. The van der Waals surface area contributed by atoms with E-state index in [0.29, 0.717) is 11.4 Å². The Kier molecular flexibility index (Phi) is 12.8. The van der Waals surface area contributed by atoms with Gasteiger partial charge in [0.1, 0.15) is 6.34 Å². The molecule has 6 nitrogen and oxygen atoms in total. The first-order valence-electron chi connectivity index (χ1n) is 8.91. The topological polar surface area (TPSA) is 60.6 Å². The summed E-state index contributed by atoms with van der Waals surface area (Å²) in [7, 11) is 0. The van der Waals surface area contributed by atoms with Gasteiger partial charge in [0.25, 0.3) is 5.91 Å². The van der Waals surface area contributed by atoms with E-state index >= 15 is 0 Å². The Hall–Kier alpha value is -1.66. The maximum Gasteiger partial charge on any atom is 0.282 e. The van der Waals surface area contributed by atoms with E-state index in [9.17, 15) is 4.79 Å². The summed E-state index contributed by atoms with van der Waals surface area (Å²) in [5.74, 6) is 0.211. The molecule has 6 heteroatoms. The first kappa shape index (κ1) is 22.3. The molecule has 1 amide bonds. The van der Waals surface area contributed by atoms with E-state index in [2.05, 4.69) is 66.3 Å². The maximum atomic E-state index is 10.8. The summed E-state index contributed by atoms with van der Waals surface area (Å²) in [4.78, 5) is 26.7. The van der Waals surface area contributed by atoms with E-state index in [4.69, 9.17) is 0 Å². The molecule has 0 atom stereocenters. The SMILES string of the molecule is CCN(CC)CC.CCN(CC)CC.O=C1N=CN=C2N=CC=C12. The third kappa shape index (κ3) is 8.26. The molecular formula is C18H33N5O. The average Bonchev–Trinajstić information content (AvgIpc) is 3.09. The van der Waals surface area contributed by atoms with Crippen molar-refractivity contribution in [3.05, 3.63) is 11.6 Å². The molecule has 0 spiro atoms. The van der Waals surface area contributed by atoms with E-state index in [1.54, 1.807) is 12.3 Å². The minimum atomic E-state index is -0.262. The van der Waals surface area contributed by atoms with Crippen molar-refractivity contribution in [3.63, 3.8) is 0 Å². The fourth-order valence-corrected chi connectivity index (χ4v) is 2.14. The molecule has 2 rings (SSSR count). The molecule has 2 aliphatic heterocycles. The first-order chi connectivity index (χ1) is 11.6. The second-order valence-electron chi connectivity index (χ2n) is 5.10. The first-order valence-corrected chi connectivity index (χ1v) is 8.91. The average molecular weight is 335 g/mol. The van der Waals surface area contributed by atoms with Crippen LogP contribution in [0.4, 0.5) is 0 Å². The molecule has 136 valence electrons. The van der Waals surface area contributed by atoms with Crippen molar-refractivity contribution >= 4 is 24.3 Å². The number of amidine groups is 1. The zero-order valence-electron chi connectivity index (χ0n) is 16.1. The molecule has 0 saturated carbocycles. The Balaban J connectivity index is 0.000000343. The quantitative estimate of drug-likeness (QED) is 0.750. The number of aliphatic imine (C=N–C) groups is 3. The van der Waals surface area contributed by atoms with Gasteiger partial charge in [0, 0.05) is 6.21 Å². The number of nitrogens with zero attached hydrogens (tertiary/aromatic N) is 5. The second kappa shape index (κ2) is 13.7. The number of amides is 1. The largest absolute Gasteiger partial charge is 0.304 e. The molecule has 0 bridgehead atoms. The van der Waals surface area contributed by atoms with Crippen molar-refractivity contribution in [3.8, 4) is 0 Å². The Bertz CT molecular complexity index is 443. The standard InChI is InChI=1S/C6H3N3O.2C6H15N/c10-6-4-1-2-7-5(4)8-3-9-6;2*1-4-7(5-2)6-3/h1-3H;2*4-6H2,1-3H3. The lowest BCUT2D eigenvalue weighted by atomic mass is 10.2. The Morgan fingerprint density at radius 2 is 1.25 bits per heavy atom. The summed E-state index contributed by atoms with van der Waals surface area (Å²) < 4.78 is 0. The molecule has 0 aromatic heterocycles. The minimum Gasteiger partial charge on any atom is -0.304 e. The summed E-state index contributed by atoms with van der Waals surface area (Å²) in [6.45, 7) is 20.2. The predicted molar refractivity (Wildman–Crippen MR) is 104 cm³/mol. The highest BCUT2D eigenvalue weighted by Crippen LogP contribution is 2.09. The normalized spacial score (nSPS) is 14.6. The minimum absolute atomic E-state index is 0.262. The van der Waals surface area contributed by atoms with Crippen LogP contribution in [-0.4, -0.2) is 73.4 Å². The van der Waals surface area contributed by atoms with Crippen LogP contribution >= 0.6 is 0 Å². The zero-order chi connectivity index (χ0) is 18.4. The van der Waals surface area contributed by atoms with Gasteiger partial charge < -0.3 is 9.80 Å². The number of hydrogen-bond donors (Lipinski definition) is 0. The highest BCUT2D eigenvalue weighted by atomic mass is 16.1. The van der Waals surface area contributed by atoms with E-state index in [1.165, 1.54) is 45.6 Å². The van der Waals surface area contributed by atoms with E-state index < -0.39 is 0 Å². The van der Waals surface area contributed by atoms with Gasteiger partial charge in [0.15, 0.2) is 5.84 Å². The van der Waals surface area contributed by atoms with Gasteiger partial charge in [-0.25, -0.2) is 9.98 Å². The summed E-state index contributed by atoms with van der Waals surface area (Å²) in [6.07, 6.45) is 4.37. The number of carbonyl (C=O) groups is 1. The molecule has 2 heterocycles. The van der Waals surface area contributed by atoms with E-state index in [1.807, 2.05) is 0 Å². The van der Waals surface area contributed by atoms with E-state index in [0.717, 1.165) is 0 Å². The number of allylic oxidation sites excluding steroid dienone is 1. The lowest BCUT2D eigenvalue weighted by Gasteiger charge is -2.13. The number of fused-ring (bicyclic) bond motifs is 1. The van der Waals surface area contributed by atoms with Crippen LogP contribution in [0, 0.1) is 0 Å². The monoisotopic (exact) mass is 335 g/mol. The van der Waals surface area contributed by atoms with Crippen LogP contribution in [0.25, 0.3) is 0 Å². The lowest BCUT2D eigenvalue weighted by molar-refractivity contribution is -0.113. The molecule has 24 heavy (non-hydrogen) atoms. The smallest absolute Gasteiger partial charge is 0.282 e.